The molecule has 7 heteroatoms. The zero-order valence-electron chi connectivity index (χ0n) is 15.7. The second kappa shape index (κ2) is 9.15. The van der Waals surface area contributed by atoms with Crippen LogP contribution in [0.3, 0.4) is 0 Å². The van der Waals surface area contributed by atoms with Crippen LogP contribution >= 0.6 is 0 Å². The molecule has 7 nitrogen and oxygen atoms in total. The van der Waals surface area contributed by atoms with Crippen LogP contribution in [0.15, 0.2) is 67.0 Å². The number of nitrogens with zero attached hydrogens (tertiary/aromatic N) is 2. The Morgan fingerprint density at radius 3 is 2.31 bits per heavy atom. The number of nitriles is 1. The normalized spacial score (nSPS) is 9.93. The van der Waals surface area contributed by atoms with E-state index in [1.807, 2.05) is 0 Å². The molecular weight excluding hydrogens is 368 g/mol. The summed E-state index contributed by atoms with van der Waals surface area (Å²) in [7, 11) is 0. The first-order chi connectivity index (χ1) is 14.1. The Labute approximate surface area is 168 Å². The van der Waals surface area contributed by atoms with Crippen molar-refractivity contribution in [2.75, 3.05) is 17.2 Å². The SMILES string of the molecule is CCOC(=O)c1ccc(NC(=O)c2cncc(Nc3ccc(C#N)cc3)c2)cc1. The molecule has 2 aromatic carbocycles. The zero-order chi connectivity index (χ0) is 20.6. The Morgan fingerprint density at radius 1 is 0.966 bits per heavy atom. The number of aromatic nitrogens is 1. The quantitative estimate of drug-likeness (QED) is 0.618. The molecule has 1 amide bonds. The number of ether oxygens (including phenoxy) is 1. The van der Waals surface area contributed by atoms with Crippen LogP contribution in [0.5, 0.6) is 0 Å². The summed E-state index contributed by atoms with van der Waals surface area (Å²) >= 11 is 0. The second-order valence-corrected chi connectivity index (χ2v) is 6.03. The molecule has 1 aromatic heterocycles. The highest BCUT2D eigenvalue weighted by Crippen LogP contribution is 2.18. The van der Waals surface area contributed by atoms with Crippen molar-refractivity contribution in [3.63, 3.8) is 0 Å². The summed E-state index contributed by atoms with van der Waals surface area (Å²) in [6.07, 6.45) is 3.06. The van der Waals surface area contributed by atoms with Gasteiger partial charge in [-0.25, -0.2) is 4.79 Å². The molecule has 0 aliphatic heterocycles. The number of nitrogens with one attached hydrogen (secondary N) is 2. The topological polar surface area (TPSA) is 104 Å². The van der Waals surface area contributed by atoms with Crippen molar-refractivity contribution in [2.24, 2.45) is 0 Å². The number of benzene rings is 2. The highest BCUT2D eigenvalue weighted by atomic mass is 16.5. The molecule has 1 heterocycles. The summed E-state index contributed by atoms with van der Waals surface area (Å²) in [6.45, 7) is 2.04. The summed E-state index contributed by atoms with van der Waals surface area (Å²) < 4.78 is 4.94. The van der Waals surface area contributed by atoms with Gasteiger partial charge in [0.15, 0.2) is 0 Å². The monoisotopic (exact) mass is 386 g/mol. The van der Waals surface area contributed by atoms with Crippen molar-refractivity contribution in [3.05, 3.63) is 83.7 Å². The third-order valence-corrected chi connectivity index (χ3v) is 3.96. The van der Waals surface area contributed by atoms with Gasteiger partial charge >= 0.3 is 5.97 Å². The minimum atomic E-state index is -0.406. The van der Waals surface area contributed by atoms with Gasteiger partial charge in [-0.3, -0.25) is 9.78 Å². The highest BCUT2D eigenvalue weighted by Gasteiger charge is 2.10. The number of anilines is 3. The highest BCUT2D eigenvalue weighted by molar-refractivity contribution is 6.04. The van der Waals surface area contributed by atoms with E-state index in [2.05, 4.69) is 21.7 Å². The predicted octanol–water partition coefficient (Wildman–Crippen LogP) is 4.13. The van der Waals surface area contributed by atoms with E-state index in [0.717, 1.165) is 5.69 Å². The Balaban J connectivity index is 1.67. The largest absolute Gasteiger partial charge is 0.462 e. The van der Waals surface area contributed by atoms with E-state index in [-0.39, 0.29) is 5.91 Å². The van der Waals surface area contributed by atoms with Crippen LogP contribution in [-0.2, 0) is 4.74 Å². The van der Waals surface area contributed by atoms with Gasteiger partial charge in [-0.05, 0) is 61.5 Å². The van der Waals surface area contributed by atoms with Gasteiger partial charge in [0.1, 0.15) is 0 Å². The lowest BCUT2D eigenvalue weighted by atomic mass is 10.2. The van der Waals surface area contributed by atoms with Gasteiger partial charge in [0.2, 0.25) is 0 Å². The molecule has 0 saturated heterocycles. The molecule has 0 bridgehead atoms. The first-order valence-electron chi connectivity index (χ1n) is 8.90. The fourth-order valence-electron chi connectivity index (χ4n) is 2.53. The molecule has 0 aliphatic carbocycles. The molecule has 29 heavy (non-hydrogen) atoms. The van der Waals surface area contributed by atoms with E-state index in [1.54, 1.807) is 67.7 Å². The fourth-order valence-corrected chi connectivity index (χ4v) is 2.53. The van der Waals surface area contributed by atoms with Gasteiger partial charge < -0.3 is 15.4 Å². The lowest BCUT2D eigenvalue weighted by molar-refractivity contribution is 0.0526. The molecule has 0 fully saturated rings. The molecule has 0 spiro atoms. The smallest absolute Gasteiger partial charge is 0.338 e. The molecule has 144 valence electrons. The molecule has 3 rings (SSSR count). The zero-order valence-corrected chi connectivity index (χ0v) is 15.7. The maximum atomic E-state index is 12.5. The molecule has 3 aromatic rings. The number of carbonyl (C=O) groups is 2. The number of rotatable bonds is 6. The lowest BCUT2D eigenvalue weighted by Gasteiger charge is -2.09. The molecule has 0 unspecified atom stereocenters. The number of carbonyl (C=O) groups excluding carboxylic acids is 2. The Hall–Kier alpha value is -4.18. The van der Waals surface area contributed by atoms with E-state index in [9.17, 15) is 9.59 Å². The van der Waals surface area contributed by atoms with Crippen LogP contribution in [0, 0.1) is 11.3 Å². The average molecular weight is 386 g/mol. The number of esters is 1. The first-order valence-corrected chi connectivity index (χ1v) is 8.90. The van der Waals surface area contributed by atoms with Crippen molar-refractivity contribution in [2.45, 2.75) is 6.92 Å². The molecule has 2 N–H and O–H groups in total. The van der Waals surface area contributed by atoms with Gasteiger partial charge in [0, 0.05) is 17.6 Å². The summed E-state index contributed by atoms with van der Waals surface area (Å²) in [6, 6.07) is 17.1. The van der Waals surface area contributed by atoms with E-state index in [0.29, 0.717) is 34.7 Å². The lowest BCUT2D eigenvalue weighted by Crippen LogP contribution is -2.13. The van der Waals surface area contributed by atoms with Gasteiger partial charge in [0.25, 0.3) is 5.91 Å². The van der Waals surface area contributed by atoms with Crippen LogP contribution in [0.25, 0.3) is 0 Å². The van der Waals surface area contributed by atoms with Crippen molar-refractivity contribution in [1.29, 1.82) is 5.26 Å². The second-order valence-electron chi connectivity index (χ2n) is 6.03. The van der Waals surface area contributed by atoms with E-state index in [1.165, 1.54) is 6.20 Å². The summed E-state index contributed by atoms with van der Waals surface area (Å²) in [5.41, 5.74) is 3.32. The van der Waals surface area contributed by atoms with Crippen molar-refractivity contribution < 1.29 is 14.3 Å². The van der Waals surface area contributed by atoms with Gasteiger partial charge in [-0.2, -0.15) is 5.26 Å². The molecule has 0 atom stereocenters. The summed E-state index contributed by atoms with van der Waals surface area (Å²) in [5.74, 6) is -0.735. The van der Waals surface area contributed by atoms with Crippen molar-refractivity contribution in [3.8, 4) is 6.07 Å². The molecular formula is C22H18N4O3. The van der Waals surface area contributed by atoms with Crippen molar-refractivity contribution >= 4 is 28.9 Å². The van der Waals surface area contributed by atoms with Crippen LogP contribution in [0.1, 0.15) is 33.2 Å². The standard InChI is InChI=1S/C22H18N4O3/c1-2-29-22(28)16-5-9-19(10-6-16)26-21(27)17-11-20(14-24-13-17)25-18-7-3-15(12-23)4-8-18/h3-11,13-14,25H,2H2,1H3,(H,26,27). The van der Waals surface area contributed by atoms with E-state index in [4.69, 9.17) is 10.00 Å². The maximum Gasteiger partial charge on any atom is 0.338 e. The first kappa shape index (κ1) is 19.6. The minimum absolute atomic E-state index is 0.303. The average Bonchev–Trinajstić information content (AvgIpc) is 2.75. The van der Waals surface area contributed by atoms with Crippen LogP contribution in [0.4, 0.5) is 17.1 Å². The molecule has 0 saturated carbocycles. The molecule has 0 radical (unpaired) electrons. The Kier molecular flexibility index (Phi) is 6.18. The van der Waals surface area contributed by atoms with Crippen LogP contribution in [0.2, 0.25) is 0 Å². The number of pyridine rings is 1. The van der Waals surface area contributed by atoms with Crippen LogP contribution in [-0.4, -0.2) is 23.5 Å². The maximum absolute atomic E-state index is 12.5. The third-order valence-electron chi connectivity index (χ3n) is 3.96. The Bertz CT molecular complexity index is 1050. The predicted molar refractivity (Wildman–Crippen MR) is 109 cm³/mol. The fraction of sp³-hybridized carbons (Fsp3) is 0.0909. The van der Waals surface area contributed by atoms with Crippen molar-refractivity contribution in [1.82, 2.24) is 4.98 Å². The van der Waals surface area contributed by atoms with E-state index < -0.39 is 5.97 Å². The van der Waals surface area contributed by atoms with E-state index >= 15 is 0 Å². The van der Waals surface area contributed by atoms with Gasteiger partial charge in [-0.15, -0.1) is 0 Å². The summed E-state index contributed by atoms with van der Waals surface area (Å²) in [5, 5.41) is 14.8. The van der Waals surface area contributed by atoms with Gasteiger partial charge in [0.05, 0.1) is 41.3 Å². The number of amides is 1. The Morgan fingerprint density at radius 2 is 1.66 bits per heavy atom. The molecule has 0 aliphatic rings. The minimum Gasteiger partial charge on any atom is -0.462 e. The number of hydrogen-bond acceptors (Lipinski definition) is 6. The third kappa shape index (κ3) is 5.17. The van der Waals surface area contributed by atoms with Gasteiger partial charge in [-0.1, -0.05) is 0 Å². The van der Waals surface area contributed by atoms with Crippen LogP contribution < -0.4 is 10.6 Å². The number of hydrogen-bond donors (Lipinski definition) is 2. The summed E-state index contributed by atoms with van der Waals surface area (Å²) in [4.78, 5) is 28.3.